The fourth-order valence-electron chi connectivity index (χ4n) is 9.58. The highest BCUT2D eigenvalue weighted by atomic mass is 35.5. The lowest BCUT2D eigenvalue weighted by Gasteiger charge is -2.26. The summed E-state index contributed by atoms with van der Waals surface area (Å²) in [7, 11) is 0. The van der Waals surface area contributed by atoms with Crippen molar-refractivity contribution in [3.63, 3.8) is 0 Å². The minimum atomic E-state index is -1.10. The zero-order valence-corrected chi connectivity index (χ0v) is 47.2. The number of amides is 1. The summed E-state index contributed by atoms with van der Waals surface area (Å²) in [5.41, 5.74) is 12.2. The molecule has 1 saturated carbocycles. The van der Waals surface area contributed by atoms with Crippen LogP contribution in [0, 0.1) is 17.5 Å². The molecule has 4 heterocycles. The number of benzene rings is 6. The summed E-state index contributed by atoms with van der Waals surface area (Å²) in [5, 5.41) is 22.4. The highest BCUT2D eigenvalue weighted by Gasteiger charge is 2.36. The van der Waals surface area contributed by atoms with E-state index >= 15 is 0 Å². The minimum Gasteiger partial charge on any atom is -0.480 e. The number of aliphatic carboxylic acids is 1. The molecule has 2 atom stereocenters. The summed E-state index contributed by atoms with van der Waals surface area (Å²) in [6, 6.07) is 32.2. The molecule has 8 aromatic rings. The van der Waals surface area contributed by atoms with Crippen molar-refractivity contribution >= 4 is 86.0 Å². The third-order valence-electron chi connectivity index (χ3n) is 13.2. The summed E-state index contributed by atoms with van der Waals surface area (Å²) < 4.78 is 47.7. The monoisotopic (exact) mass is 1180 g/mol. The van der Waals surface area contributed by atoms with Crippen molar-refractivity contribution in [3.8, 4) is 11.4 Å². The number of nitrogens with one attached hydrogen (secondary N) is 1. The number of aromatic nitrogens is 4. The molecule has 7 N–H and O–H groups in total. The molecule has 22 heteroatoms. The summed E-state index contributed by atoms with van der Waals surface area (Å²) in [6.45, 7) is 6.62. The van der Waals surface area contributed by atoms with Crippen LogP contribution in [0.25, 0.3) is 33.2 Å². The molecule has 11 rings (SSSR count). The van der Waals surface area contributed by atoms with E-state index < -0.39 is 35.5 Å². The van der Waals surface area contributed by atoms with Crippen LogP contribution in [-0.4, -0.2) is 77.0 Å². The Bertz CT molecular complexity index is 3540. The van der Waals surface area contributed by atoms with Crippen LogP contribution in [0.2, 0.25) is 15.1 Å². The van der Waals surface area contributed by atoms with E-state index in [4.69, 9.17) is 66.2 Å². The molecule has 2 saturated heterocycles. The van der Waals surface area contributed by atoms with Gasteiger partial charge in [0, 0.05) is 23.8 Å². The first-order chi connectivity index (χ1) is 39.0. The number of rotatable bonds is 6. The van der Waals surface area contributed by atoms with Crippen LogP contribution < -0.4 is 27.9 Å². The van der Waals surface area contributed by atoms with Crippen molar-refractivity contribution in [2.75, 3.05) is 24.6 Å². The fourth-order valence-corrected chi connectivity index (χ4v) is 10.3. The lowest BCUT2D eigenvalue weighted by Crippen LogP contribution is -2.43. The van der Waals surface area contributed by atoms with E-state index in [2.05, 4.69) is 10.3 Å². The first-order valence-electron chi connectivity index (χ1n) is 26.2. The average molecular weight is 1180 g/mol. The largest absolute Gasteiger partial charge is 0.480 e. The lowest BCUT2D eigenvalue weighted by molar-refractivity contribution is -0.142. The van der Waals surface area contributed by atoms with Gasteiger partial charge in [0.05, 0.1) is 54.3 Å². The molecule has 0 spiro atoms. The Hall–Kier alpha value is -7.97. The van der Waals surface area contributed by atoms with Crippen molar-refractivity contribution in [2.24, 2.45) is 0 Å². The molecule has 1 aliphatic carbocycles. The van der Waals surface area contributed by atoms with Gasteiger partial charge in [-0.1, -0.05) is 84.0 Å². The van der Waals surface area contributed by atoms with Gasteiger partial charge in [0.1, 0.15) is 46.3 Å². The predicted molar refractivity (Wildman–Crippen MR) is 313 cm³/mol. The quantitative estimate of drug-likeness (QED) is 0.0975. The topological polar surface area (TPSA) is 238 Å². The fraction of sp³-hybridized carbons (Fsp3) is 0.283. The van der Waals surface area contributed by atoms with Crippen LogP contribution in [0.1, 0.15) is 106 Å². The SMILES string of the molecule is CC(C)(C)OC(=O)N1CCCC1C(=O)O.Nc1cccc(Cl)c1C(=O)O.Nc1cccc(F)c1.O=c1c2c(Cl)cccc2nc(C2CCCC2)n1-c1cccc(F)c1.O=c1c2c(Cl)cccc2nc([C@@H]2CCCN2)n1-c1cccc(F)c1. The Morgan fingerprint density at radius 2 is 1.13 bits per heavy atom. The first-order valence-corrected chi connectivity index (χ1v) is 27.3. The van der Waals surface area contributed by atoms with Gasteiger partial charge in [-0.05, 0) is 157 Å². The number of nitrogens with two attached hydrogens (primary N) is 2. The van der Waals surface area contributed by atoms with Gasteiger partial charge in [-0.25, -0.2) is 37.5 Å². The number of ether oxygens (including phenoxy) is 1. The molecule has 82 heavy (non-hydrogen) atoms. The molecular formula is C60H60Cl3F3N8O8. The number of hydrogen-bond donors (Lipinski definition) is 5. The second kappa shape index (κ2) is 27.7. The number of fused-ring (bicyclic) bond motifs is 2. The highest BCUT2D eigenvalue weighted by Crippen LogP contribution is 2.35. The maximum Gasteiger partial charge on any atom is 0.411 e. The van der Waals surface area contributed by atoms with E-state index in [0.29, 0.717) is 73.5 Å². The molecular weight excluding hydrogens is 1120 g/mol. The Morgan fingerprint density at radius 3 is 1.59 bits per heavy atom. The Labute approximate surface area is 485 Å². The van der Waals surface area contributed by atoms with Crippen molar-refractivity contribution in [1.82, 2.24) is 29.3 Å². The maximum atomic E-state index is 13.7. The van der Waals surface area contributed by atoms with E-state index in [0.717, 1.165) is 51.5 Å². The van der Waals surface area contributed by atoms with Gasteiger partial charge in [-0.2, -0.15) is 0 Å². The second-order valence-electron chi connectivity index (χ2n) is 20.3. The third-order valence-corrected chi connectivity index (χ3v) is 14.2. The minimum absolute atomic E-state index is 0.0332. The summed E-state index contributed by atoms with van der Waals surface area (Å²) >= 11 is 18.0. The number of aromatic carboxylic acids is 1. The summed E-state index contributed by atoms with van der Waals surface area (Å²) in [5.74, 6) is -1.61. The number of carboxylic acid groups (broad SMARTS) is 2. The van der Waals surface area contributed by atoms with Crippen molar-refractivity contribution in [3.05, 3.63) is 198 Å². The van der Waals surface area contributed by atoms with Crippen molar-refractivity contribution in [2.45, 2.75) is 95.7 Å². The van der Waals surface area contributed by atoms with Crippen molar-refractivity contribution < 1.29 is 42.5 Å². The zero-order valence-electron chi connectivity index (χ0n) is 44.9. The molecule has 16 nitrogen and oxygen atoms in total. The Kier molecular flexibility index (Phi) is 20.8. The van der Waals surface area contributed by atoms with Crippen LogP contribution >= 0.6 is 34.8 Å². The molecule has 0 radical (unpaired) electrons. The number of hydrogen-bond acceptors (Lipinski definition) is 11. The van der Waals surface area contributed by atoms with Gasteiger partial charge < -0.3 is 31.7 Å². The van der Waals surface area contributed by atoms with Gasteiger partial charge in [-0.15, -0.1) is 0 Å². The van der Waals surface area contributed by atoms with Crippen LogP contribution in [0.5, 0.6) is 0 Å². The number of nitrogens with zero attached hydrogens (tertiary/aromatic N) is 5. The van der Waals surface area contributed by atoms with Crippen LogP contribution in [0.15, 0.2) is 137 Å². The standard InChI is InChI=1S/C19H16ClFN2O.C18H15ClFN3O.C10H17NO4.C7H6ClNO2.C6H6FN/c20-15-9-4-10-16-17(15)19(24)23(14-8-3-7-13(21)11-14)18(22-16)12-5-1-2-6-12;19-13-6-2-7-14-16(13)18(24)23(12-5-1-4-11(20)10-12)17(22-14)15-8-3-9-21-15;1-10(2,3)15-9(14)11-6-4-5-7(11)8(12)13;8-4-2-1-3-5(9)6(4)7(10)11;7-5-2-1-3-6(8)4-5/h3-4,7-12H,1-2,5-6H2;1-2,4-7,10,15,21H,3,8-9H2;7H,4-6H2,1-3H3,(H,12,13);1-3H,9H2,(H,10,11);1-4H,8H2/t;15-;;;/m.0.../s1. The predicted octanol–water partition coefficient (Wildman–Crippen LogP) is 12.9. The highest BCUT2D eigenvalue weighted by molar-refractivity contribution is 6.35. The Morgan fingerprint density at radius 1 is 0.634 bits per heavy atom. The van der Waals surface area contributed by atoms with Gasteiger partial charge >= 0.3 is 18.0 Å². The average Bonchev–Trinajstić information content (AvgIpc) is 3.34. The number of carboxylic acids is 2. The molecule has 430 valence electrons. The van der Waals surface area contributed by atoms with Gasteiger partial charge in [0.2, 0.25) is 0 Å². The van der Waals surface area contributed by atoms with Crippen LogP contribution in [0.3, 0.4) is 0 Å². The van der Waals surface area contributed by atoms with E-state index in [1.807, 2.05) is 0 Å². The van der Waals surface area contributed by atoms with Crippen LogP contribution in [0.4, 0.5) is 29.3 Å². The second-order valence-corrected chi connectivity index (χ2v) is 21.5. The first kappa shape index (κ1) is 61.6. The molecule has 3 aliphatic rings. The molecule has 6 aromatic carbocycles. The van der Waals surface area contributed by atoms with E-state index in [1.54, 1.807) is 99.6 Å². The van der Waals surface area contributed by atoms with Gasteiger partial charge in [-0.3, -0.25) is 23.6 Å². The smallest absolute Gasteiger partial charge is 0.411 e. The van der Waals surface area contributed by atoms with E-state index in [-0.39, 0.29) is 51.0 Å². The van der Waals surface area contributed by atoms with E-state index in [1.165, 1.54) is 62.6 Å². The zero-order chi connectivity index (χ0) is 59.4. The normalized spacial score (nSPS) is 15.7. The lowest BCUT2D eigenvalue weighted by atomic mass is 10.1. The van der Waals surface area contributed by atoms with Crippen LogP contribution in [-0.2, 0) is 9.53 Å². The third kappa shape index (κ3) is 15.5. The molecule has 1 unspecified atom stereocenters. The number of halogens is 6. The van der Waals surface area contributed by atoms with Gasteiger partial charge in [0.25, 0.3) is 11.1 Å². The molecule has 0 bridgehead atoms. The molecule has 2 aromatic heterocycles. The van der Waals surface area contributed by atoms with Crippen molar-refractivity contribution in [1.29, 1.82) is 0 Å². The number of carbonyl (C=O) groups excluding carboxylic acids is 1. The molecule has 3 fully saturated rings. The number of likely N-dealkylation sites (tertiary alicyclic amines) is 1. The maximum absolute atomic E-state index is 13.7. The number of nitrogen functional groups attached to an aromatic ring is 2. The number of anilines is 2. The molecule has 1 amide bonds. The molecule has 2 aliphatic heterocycles. The van der Waals surface area contributed by atoms with E-state index in [9.17, 15) is 37.1 Å². The summed E-state index contributed by atoms with van der Waals surface area (Å²) in [4.78, 5) is 69.9. The summed E-state index contributed by atoms with van der Waals surface area (Å²) in [6.07, 6.45) is 6.82. The van der Waals surface area contributed by atoms with Gasteiger partial charge in [0.15, 0.2) is 0 Å². The number of carbonyl (C=O) groups is 3. The Balaban J connectivity index is 0.000000156.